The number of hydrogen-bond donors (Lipinski definition) is 0. The number of benzene rings is 2. The van der Waals surface area contributed by atoms with E-state index in [1.165, 1.54) is 13.2 Å². The molecule has 1 aliphatic rings. The molecule has 0 unspecified atom stereocenters. The average Bonchev–Trinajstić information content (AvgIpc) is 2.68. The van der Waals surface area contributed by atoms with Gasteiger partial charge in [-0.05, 0) is 18.2 Å². The summed E-state index contributed by atoms with van der Waals surface area (Å²) in [5.41, 5.74) is 0.365. The van der Waals surface area contributed by atoms with Gasteiger partial charge in [0.2, 0.25) is 5.82 Å². The van der Waals surface area contributed by atoms with Crippen LogP contribution in [0.3, 0.4) is 0 Å². The first-order chi connectivity index (χ1) is 12.7. The zero-order valence-electron chi connectivity index (χ0n) is 15.0. The van der Waals surface area contributed by atoms with Crippen LogP contribution in [0.25, 0.3) is 0 Å². The molecule has 4 nitrogen and oxygen atoms in total. The molecule has 0 radical (unpaired) electrons. The van der Waals surface area contributed by atoms with E-state index in [1.807, 2.05) is 30.3 Å². The highest BCUT2D eigenvalue weighted by atomic mass is 19.2. The first-order valence-electron chi connectivity index (χ1n) is 8.81. The fourth-order valence-corrected chi connectivity index (χ4v) is 3.07. The lowest BCUT2D eigenvalue weighted by Gasteiger charge is -2.34. The van der Waals surface area contributed by atoms with Gasteiger partial charge in [0.1, 0.15) is 12.4 Å². The number of rotatable bonds is 7. The van der Waals surface area contributed by atoms with Crippen molar-refractivity contribution in [2.24, 2.45) is 0 Å². The Balaban J connectivity index is 1.43. The minimum Gasteiger partial charge on any atom is -0.494 e. The fraction of sp³-hybridized carbons (Fsp3) is 0.400. The summed E-state index contributed by atoms with van der Waals surface area (Å²) in [6.45, 7) is 5.31. The summed E-state index contributed by atoms with van der Waals surface area (Å²) in [7, 11) is 1.33. The van der Waals surface area contributed by atoms with Crippen molar-refractivity contribution in [3.05, 3.63) is 59.7 Å². The molecule has 0 saturated carbocycles. The lowest BCUT2D eigenvalue weighted by atomic mass is 10.1. The van der Waals surface area contributed by atoms with Crippen molar-refractivity contribution in [3.8, 4) is 11.5 Å². The Bertz CT molecular complexity index is 704. The standard InChI is InChI=1S/C20H24F2N2O2/c1-25-18-8-7-16(19(21)20(18)22)15-24-11-9-23(10-12-24)13-14-26-17-5-3-2-4-6-17/h2-8H,9-15H2,1H3. The van der Waals surface area contributed by atoms with Gasteiger partial charge in [-0.3, -0.25) is 9.80 Å². The molecular weight excluding hydrogens is 338 g/mol. The largest absolute Gasteiger partial charge is 0.494 e. The molecule has 0 bridgehead atoms. The summed E-state index contributed by atoms with van der Waals surface area (Å²) in [4.78, 5) is 4.46. The fourth-order valence-electron chi connectivity index (χ4n) is 3.07. The van der Waals surface area contributed by atoms with Crippen molar-refractivity contribution in [1.29, 1.82) is 0 Å². The van der Waals surface area contributed by atoms with E-state index < -0.39 is 11.6 Å². The van der Waals surface area contributed by atoms with Crippen molar-refractivity contribution in [2.75, 3.05) is 46.4 Å². The van der Waals surface area contributed by atoms with Crippen molar-refractivity contribution >= 4 is 0 Å². The molecule has 0 atom stereocenters. The summed E-state index contributed by atoms with van der Waals surface area (Å²) >= 11 is 0. The van der Waals surface area contributed by atoms with E-state index in [0.717, 1.165) is 38.5 Å². The molecule has 1 heterocycles. The van der Waals surface area contributed by atoms with Crippen LogP contribution in [0.4, 0.5) is 8.78 Å². The SMILES string of the molecule is COc1ccc(CN2CCN(CCOc3ccccc3)CC2)c(F)c1F. The Morgan fingerprint density at radius 3 is 2.27 bits per heavy atom. The van der Waals surface area contributed by atoms with E-state index in [0.29, 0.717) is 18.7 Å². The quantitative estimate of drug-likeness (QED) is 0.755. The maximum atomic E-state index is 14.1. The molecule has 1 aliphatic heterocycles. The van der Waals surface area contributed by atoms with Crippen LogP contribution >= 0.6 is 0 Å². The maximum absolute atomic E-state index is 14.1. The predicted molar refractivity (Wildman–Crippen MR) is 96.6 cm³/mol. The van der Waals surface area contributed by atoms with Crippen LogP contribution in [0.5, 0.6) is 11.5 Å². The Morgan fingerprint density at radius 1 is 0.885 bits per heavy atom. The highest BCUT2D eigenvalue weighted by Gasteiger charge is 2.20. The molecule has 0 aromatic heterocycles. The lowest BCUT2D eigenvalue weighted by molar-refractivity contribution is 0.111. The lowest BCUT2D eigenvalue weighted by Crippen LogP contribution is -2.47. The molecule has 26 heavy (non-hydrogen) atoms. The van der Waals surface area contributed by atoms with Gasteiger partial charge in [-0.2, -0.15) is 4.39 Å². The van der Waals surface area contributed by atoms with Crippen molar-refractivity contribution in [3.63, 3.8) is 0 Å². The molecule has 1 fully saturated rings. The second kappa shape index (κ2) is 8.96. The molecule has 6 heteroatoms. The van der Waals surface area contributed by atoms with Gasteiger partial charge in [0.15, 0.2) is 11.6 Å². The van der Waals surface area contributed by atoms with E-state index in [9.17, 15) is 8.78 Å². The second-order valence-electron chi connectivity index (χ2n) is 6.33. The monoisotopic (exact) mass is 362 g/mol. The number of nitrogens with zero attached hydrogens (tertiary/aromatic N) is 2. The van der Waals surface area contributed by atoms with E-state index in [1.54, 1.807) is 6.07 Å². The molecule has 2 aromatic rings. The van der Waals surface area contributed by atoms with E-state index >= 15 is 0 Å². The van der Waals surface area contributed by atoms with E-state index in [4.69, 9.17) is 9.47 Å². The minimum absolute atomic E-state index is 0.0607. The third-order valence-electron chi connectivity index (χ3n) is 4.63. The average molecular weight is 362 g/mol. The number of methoxy groups -OCH3 is 1. The van der Waals surface area contributed by atoms with Gasteiger partial charge in [0.25, 0.3) is 0 Å². The Kier molecular flexibility index (Phi) is 6.41. The van der Waals surface area contributed by atoms with Crippen molar-refractivity contribution < 1.29 is 18.3 Å². The Morgan fingerprint density at radius 2 is 1.58 bits per heavy atom. The summed E-state index contributed by atoms with van der Waals surface area (Å²) in [6, 6.07) is 12.8. The topological polar surface area (TPSA) is 24.9 Å². The van der Waals surface area contributed by atoms with E-state index in [2.05, 4.69) is 9.80 Å². The zero-order valence-corrected chi connectivity index (χ0v) is 15.0. The summed E-state index contributed by atoms with van der Waals surface area (Å²) in [5, 5.41) is 0. The van der Waals surface area contributed by atoms with Crippen LogP contribution in [0.2, 0.25) is 0 Å². The number of hydrogen-bond acceptors (Lipinski definition) is 4. The molecule has 140 valence electrons. The van der Waals surface area contributed by atoms with Gasteiger partial charge in [0.05, 0.1) is 7.11 Å². The van der Waals surface area contributed by atoms with Crippen molar-refractivity contribution in [1.82, 2.24) is 9.80 Å². The summed E-state index contributed by atoms with van der Waals surface area (Å²) in [6.07, 6.45) is 0. The van der Waals surface area contributed by atoms with Gasteiger partial charge in [-0.15, -0.1) is 0 Å². The molecule has 3 rings (SSSR count). The van der Waals surface area contributed by atoms with E-state index in [-0.39, 0.29) is 5.75 Å². The Labute approximate surface area is 152 Å². The van der Waals surface area contributed by atoms with Crippen LogP contribution in [-0.2, 0) is 6.54 Å². The first kappa shape index (κ1) is 18.6. The number of ether oxygens (including phenoxy) is 2. The van der Waals surface area contributed by atoms with Crippen LogP contribution in [0.15, 0.2) is 42.5 Å². The highest BCUT2D eigenvalue weighted by molar-refractivity contribution is 5.31. The maximum Gasteiger partial charge on any atom is 0.200 e. The van der Waals surface area contributed by atoms with Crippen LogP contribution < -0.4 is 9.47 Å². The molecule has 0 amide bonds. The number of para-hydroxylation sites is 1. The molecule has 0 N–H and O–H groups in total. The third-order valence-corrected chi connectivity index (χ3v) is 4.63. The predicted octanol–water partition coefficient (Wildman–Crippen LogP) is 3.17. The number of halogens is 2. The molecule has 1 saturated heterocycles. The number of piperazine rings is 1. The van der Waals surface area contributed by atoms with Gasteiger partial charge in [-0.25, -0.2) is 4.39 Å². The van der Waals surface area contributed by atoms with Crippen LogP contribution in [0, 0.1) is 11.6 Å². The molecule has 0 spiro atoms. The van der Waals surface area contributed by atoms with Crippen molar-refractivity contribution in [2.45, 2.75) is 6.54 Å². The first-order valence-corrected chi connectivity index (χ1v) is 8.81. The third kappa shape index (κ3) is 4.71. The van der Waals surface area contributed by atoms with Crippen LogP contribution in [-0.4, -0.2) is 56.2 Å². The summed E-state index contributed by atoms with van der Waals surface area (Å²) in [5.74, 6) is -0.914. The zero-order chi connectivity index (χ0) is 18.4. The van der Waals surface area contributed by atoms with Gasteiger partial charge in [-0.1, -0.05) is 24.3 Å². The van der Waals surface area contributed by atoms with Crippen LogP contribution in [0.1, 0.15) is 5.56 Å². The molecule has 2 aromatic carbocycles. The second-order valence-corrected chi connectivity index (χ2v) is 6.33. The summed E-state index contributed by atoms with van der Waals surface area (Å²) < 4.78 is 38.4. The smallest absolute Gasteiger partial charge is 0.200 e. The van der Waals surface area contributed by atoms with Gasteiger partial charge in [0, 0.05) is 44.8 Å². The normalized spacial score (nSPS) is 15.8. The Hall–Kier alpha value is -2.18. The highest BCUT2D eigenvalue weighted by Crippen LogP contribution is 2.23. The van der Waals surface area contributed by atoms with Gasteiger partial charge < -0.3 is 9.47 Å². The minimum atomic E-state index is -0.915. The molecular formula is C20H24F2N2O2. The molecule has 0 aliphatic carbocycles. The van der Waals surface area contributed by atoms with Gasteiger partial charge >= 0.3 is 0 Å².